The molecule has 1 fully saturated rings. The Morgan fingerprint density at radius 3 is 2.82 bits per heavy atom. The highest BCUT2D eigenvalue weighted by Crippen LogP contribution is 2.23. The van der Waals surface area contributed by atoms with Crippen molar-refractivity contribution in [3.8, 4) is 11.5 Å². The van der Waals surface area contributed by atoms with Gasteiger partial charge in [-0.3, -0.25) is 9.78 Å². The van der Waals surface area contributed by atoms with Crippen molar-refractivity contribution in [2.45, 2.75) is 18.6 Å². The van der Waals surface area contributed by atoms with Gasteiger partial charge in [0.25, 0.3) is 0 Å². The number of nitrogens with zero attached hydrogens (tertiary/aromatic N) is 1. The van der Waals surface area contributed by atoms with Crippen molar-refractivity contribution in [3.63, 3.8) is 0 Å². The lowest BCUT2D eigenvalue weighted by molar-refractivity contribution is -0.117. The zero-order valence-electron chi connectivity index (χ0n) is 11.9. The summed E-state index contributed by atoms with van der Waals surface area (Å²) >= 11 is 0. The Hall–Kier alpha value is -2.44. The van der Waals surface area contributed by atoms with Crippen LogP contribution in [0, 0.1) is 0 Å². The minimum atomic E-state index is -0.461. The molecule has 22 heavy (non-hydrogen) atoms. The van der Waals surface area contributed by atoms with Gasteiger partial charge in [-0.25, -0.2) is 0 Å². The maximum absolute atomic E-state index is 12.1. The average Bonchev–Trinajstić information content (AvgIpc) is 2.95. The predicted octanol–water partition coefficient (Wildman–Crippen LogP) is 1.54. The van der Waals surface area contributed by atoms with E-state index in [9.17, 15) is 9.90 Å². The van der Waals surface area contributed by atoms with Crippen LogP contribution < -0.4 is 15.4 Å². The summed E-state index contributed by atoms with van der Waals surface area (Å²) in [7, 11) is 0. The van der Waals surface area contributed by atoms with Gasteiger partial charge in [0.1, 0.15) is 11.5 Å². The van der Waals surface area contributed by atoms with Crippen LogP contribution in [0.2, 0.25) is 0 Å². The highest BCUT2D eigenvalue weighted by atomic mass is 16.5. The number of hydrogen-bond acceptors (Lipinski definition) is 5. The van der Waals surface area contributed by atoms with Crippen LogP contribution in [0.5, 0.6) is 11.5 Å². The molecule has 0 spiro atoms. The first-order chi connectivity index (χ1) is 10.7. The zero-order valence-corrected chi connectivity index (χ0v) is 11.9. The largest absolute Gasteiger partial charge is 0.457 e. The molecule has 3 N–H and O–H groups in total. The van der Waals surface area contributed by atoms with Crippen molar-refractivity contribution in [1.29, 1.82) is 0 Å². The van der Waals surface area contributed by atoms with E-state index in [0.717, 1.165) is 0 Å². The normalized spacial score (nSPS) is 20.6. The van der Waals surface area contributed by atoms with Crippen LogP contribution in [-0.4, -0.2) is 34.7 Å². The van der Waals surface area contributed by atoms with Crippen LogP contribution in [0.4, 0.5) is 5.69 Å². The Bertz CT molecular complexity index is 648. The van der Waals surface area contributed by atoms with E-state index in [4.69, 9.17) is 4.74 Å². The van der Waals surface area contributed by atoms with Gasteiger partial charge in [-0.1, -0.05) is 6.07 Å². The second-order valence-electron chi connectivity index (χ2n) is 5.15. The molecule has 1 aliphatic rings. The van der Waals surface area contributed by atoms with Crippen LogP contribution in [0.1, 0.15) is 6.42 Å². The maximum atomic E-state index is 12.1. The molecule has 0 bridgehead atoms. The lowest BCUT2D eigenvalue weighted by Gasteiger charge is -2.12. The van der Waals surface area contributed by atoms with E-state index in [1.165, 1.54) is 0 Å². The van der Waals surface area contributed by atoms with Crippen molar-refractivity contribution in [2.75, 3.05) is 11.9 Å². The van der Waals surface area contributed by atoms with Crippen molar-refractivity contribution in [3.05, 3.63) is 48.8 Å². The number of aromatic nitrogens is 1. The van der Waals surface area contributed by atoms with E-state index in [2.05, 4.69) is 15.6 Å². The number of carbonyl (C=O) groups is 1. The number of aliphatic hydroxyl groups excluding tert-OH is 1. The number of aliphatic hydroxyl groups is 1. The van der Waals surface area contributed by atoms with Crippen molar-refractivity contribution in [2.24, 2.45) is 0 Å². The van der Waals surface area contributed by atoms with E-state index in [0.29, 0.717) is 30.2 Å². The molecule has 1 aromatic carbocycles. The summed E-state index contributed by atoms with van der Waals surface area (Å²) in [6.07, 6.45) is 3.27. The van der Waals surface area contributed by atoms with Gasteiger partial charge >= 0.3 is 0 Å². The molecular formula is C16H17N3O3. The number of hydrogen-bond donors (Lipinski definition) is 3. The molecule has 0 saturated carbocycles. The topological polar surface area (TPSA) is 83.5 Å². The monoisotopic (exact) mass is 299 g/mol. The van der Waals surface area contributed by atoms with Gasteiger partial charge in [-0.05, 0) is 30.7 Å². The van der Waals surface area contributed by atoms with Gasteiger partial charge in [0, 0.05) is 30.7 Å². The van der Waals surface area contributed by atoms with E-state index in [1.807, 2.05) is 12.1 Å². The Balaban J connectivity index is 1.65. The summed E-state index contributed by atoms with van der Waals surface area (Å²) in [5.74, 6) is 1.15. The van der Waals surface area contributed by atoms with Crippen LogP contribution in [0.3, 0.4) is 0 Å². The van der Waals surface area contributed by atoms with Gasteiger partial charge < -0.3 is 20.5 Å². The highest BCUT2D eigenvalue weighted by Gasteiger charge is 2.27. The third-order valence-electron chi connectivity index (χ3n) is 3.41. The second-order valence-corrected chi connectivity index (χ2v) is 5.15. The maximum Gasteiger partial charge on any atom is 0.241 e. The molecule has 2 unspecified atom stereocenters. The predicted molar refractivity (Wildman–Crippen MR) is 81.8 cm³/mol. The Kier molecular flexibility index (Phi) is 4.32. The smallest absolute Gasteiger partial charge is 0.241 e. The number of pyridine rings is 1. The van der Waals surface area contributed by atoms with Gasteiger partial charge in [0.2, 0.25) is 5.91 Å². The number of carbonyl (C=O) groups excluding carboxylic acids is 1. The summed E-state index contributed by atoms with van der Waals surface area (Å²) in [5, 5.41) is 15.3. The first-order valence-electron chi connectivity index (χ1n) is 7.11. The third-order valence-corrected chi connectivity index (χ3v) is 3.41. The fraction of sp³-hybridized carbons (Fsp3) is 0.250. The molecule has 6 nitrogen and oxygen atoms in total. The molecule has 1 amide bonds. The first-order valence-corrected chi connectivity index (χ1v) is 7.11. The molecule has 2 heterocycles. The Morgan fingerprint density at radius 2 is 2.09 bits per heavy atom. The Morgan fingerprint density at radius 1 is 1.27 bits per heavy atom. The van der Waals surface area contributed by atoms with Crippen LogP contribution in [0.25, 0.3) is 0 Å². The summed E-state index contributed by atoms with van der Waals surface area (Å²) in [5.41, 5.74) is 0.653. The van der Waals surface area contributed by atoms with Gasteiger partial charge in [0.05, 0.1) is 12.1 Å². The average molecular weight is 299 g/mol. The lowest BCUT2D eigenvalue weighted by Crippen LogP contribution is -2.35. The number of anilines is 1. The van der Waals surface area contributed by atoms with Gasteiger partial charge in [-0.15, -0.1) is 0 Å². The second kappa shape index (κ2) is 6.55. The molecule has 1 aromatic heterocycles. The molecule has 1 saturated heterocycles. The number of nitrogens with one attached hydrogen (secondary N) is 2. The minimum absolute atomic E-state index is 0.155. The first kappa shape index (κ1) is 14.5. The molecule has 114 valence electrons. The summed E-state index contributed by atoms with van der Waals surface area (Å²) in [4.78, 5) is 16.0. The molecule has 0 radical (unpaired) electrons. The fourth-order valence-corrected chi connectivity index (χ4v) is 2.33. The molecule has 2 aromatic rings. The van der Waals surface area contributed by atoms with Crippen LogP contribution in [-0.2, 0) is 4.79 Å². The van der Waals surface area contributed by atoms with Crippen LogP contribution in [0.15, 0.2) is 48.8 Å². The molecule has 2 atom stereocenters. The van der Waals surface area contributed by atoms with E-state index in [-0.39, 0.29) is 11.9 Å². The standard InChI is InChI=1S/C16H17N3O3/c20-12-9-15(18-10-12)16(21)19-11-2-1-3-14(8-11)22-13-4-6-17-7-5-13/h1-8,12,15,18,20H,9-10H2,(H,19,21). The lowest BCUT2D eigenvalue weighted by atomic mass is 10.2. The summed E-state index contributed by atoms with van der Waals surface area (Å²) < 4.78 is 5.70. The number of amides is 1. The van der Waals surface area contributed by atoms with E-state index in [1.54, 1.807) is 36.7 Å². The van der Waals surface area contributed by atoms with Crippen LogP contribution >= 0.6 is 0 Å². The summed E-state index contributed by atoms with van der Waals surface area (Å²) in [6, 6.07) is 10.3. The van der Waals surface area contributed by atoms with E-state index >= 15 is 0 Å². The Labute approximate surface area is 128 Å². The quantitative estimate of drug-likeness (QED) is 0.797. The SMILES string of the molecule is O=C(Nc1cccc(Oc2ccncc2)c1)C1CC(O)CN1. The number of β-amino-alcohol motifs (C(OH)–C–C–N with tert-alkyl or cyclic N) is 1. The molecule has 6 heteroatoms. The number of ether oxygens (including phenoxy) is 1. The van der Waals surface area contributed by atoms with Crippen molar-refractivity contribution in [1.82, 2.24) is 10.3 Å². The van der Waals surface area contributed by atoms with Crippen molar-refractivity contribution < 1.29 is 14.6 Å². The molecular weight excluding hydrogens is 282 g/mol. The molecule has 0 aliphatic carbocycles. The molecule has 3 rings (SSSR count). The van der Waals surface area contributed by atoms with Crippen molar-refractivity contribution >= 4 is 11.6 Å². The fourth-order valence-electron chi connectivity index (χ4n) is 2.33. The number of benzene rings is 1. The molecule has 1 aliphatic heterocycles. The highest BCUT2D eigenvalue weighted by molar-refractivity contribution is 5.95. The zero-order chi connectivity index (χ0) is 15.4. The third kappa shape index (κ3) is 3.60. The minimum Gasteiger partial charge on any atom is -0.457 e. The van der Waals surface area contributed by atoms with E-state index < -0.39 is 6.10 Å². The number of rotatable bonds is 4. The summed E-state index contributed by atoms with van der Waals surface area (Å²) in [6.45, 7) is 0.448. The van der Waals surface area contributed by atoms with Gasteiger partial charge in [0.15, 0.2) is 0 Å². The van der Waals surface area contributed by atoms with Gasteiger partial charge in [-0.2, -0.15) is 0 Å².